The molecule has 1 saturated heterocycles. The molecule has 0 aliphatic carbocycles. The third kappa shape index (κ3) is 2.85. The first-order valence-corrected chi connectivity index (χ1v) is 9.07. The van der Waals surface area contributed by atoms with Gasteiger partial charge in [-0.2, -0.15) is 4.98 Å². The maximum absolute atomic E-state index is 13.4. The molecule has 0 atom stereocenters. The molecular weight excluding hydrogens is 348 g/mol. The van der Waals surface area contributed by atoms with E-state index < -0.39 is 5.92 Å². The van der Waals surface area contributed by atoms with E-state index in [2.05, 4.69) is 33.8 Å². The number of hydrogen-bond donors (Lipinski definition) is 0. The van der Waals surface area contributed by atoms with Crippen molar-refractivity contribution in [3.63, 3.8) is 0 Å². The number of benzene rings is 2. The van der Waals surface area contributed by atoms with Crippen LogP contribution in [-0.2, 0) is 7.05 Å². The maximum Gasteiger partial charge on any atom is 0.298 e. The molecule has 4 aromatic rings. The molecule has 5 rings (SSSR count). The average molecular weight is 367 g/mol. The Labute approximate surface area is 155 Å². The third-order valence-electron chi connectivity index (χ3n) is 5.36. The van der Waals surface area contributed by atoms with Crippen molar-refractivity contribution in [3.8, 4) is 11.1 Å². The highest BCUT2D eigenvalue weighted by molar-refractivity contribution is 5.88. The Hall–Kier alpha value is -2.89. The van der Waals surface area contributed by atoms with Crippen LogP contribution in [0.4, 0.5) is 14.8 Å². The van der Waals surface area contributed by atoms with Crippen LogP contribution >= 0.6 is 0 Å². The fourth-order valence-electron chi connectivity index (χ4n) is 3.72. The van der Waals surface area contributed by atoms with E-state index in [4.69, 9.17) is 4.42 Å². The van der Waals surface area contributed by atoms with Crippen molar-refractivity contribution in [1.29, 1.82) is 0 Å². The van der Waals surface area contributed by atoms with Crippen molar-refractivity contribution >= 4 is 28.0 Å². The molecule has 0 amide bonds. The summed E-state index contributed by atoms with van der Waals surface area (Å²) in [6, 6.07) is 14.8. The average Bonchev–Trinajstić information content (AvgIpc) is 3.24. The number of halogens is 2. The topological polar surface area (TPSA) is 34.2 Å². The van der Waals surface area contributed by atoms with E-state index >= 15 is 0 Å². The molecule has 0 N–H and O–H groups in total. The molecule has 138 valence electrons. The molecule has 0 radical (unpaired) electrons. The lowest BCUT2D eigenvalue weighted by atomic mass is 10.0. The second-order valence-electron chi connectivity index (χ2n) is 7.22. The van der Waals surface area contributed by atoms with Crippen molar-refractivity contribution in [1.82, 2.24) is 9.55 Å². The minimum Gasteiger partial charge on any atom is -0.423 e. The minimum atomic E-state index is -2.58. The Morgan fingerprint density at radius 3 is 2.56 bits per heavy atom. The summed E-state index contributed by atoms with van der Waals surface area (Å²) in [5.41, 5.74) is 4.77. The number of anilines is 1. The quantitative estimate of drug-likeness (QED) is 0.487. The maximum atomic E-state index is 13.4. The van der Waals surface area contributed by atoms with Crippen LogP contribution < -0.4 is 4.90 Å². The van der Waals surface area contributed by atoms with E-state index in [1.54, 1.807) is 4.90 Å². The second kappa shape index (κ2) is 5.81. The molecule has 1 fully saturated rings. The number of aryl methyl sites for hydroxylation is 1. The van der Waals surface area contributed by atoms with Gasteiger partial charge in [-0.1, -0.05) is 12.1 Å². The summed E-state index contributed by atoms with van der Waals surface area (Å²) in [5, 5.41) is 1.19. The fourth-order valence-corrected chi connectivity index (χ4v) is 3.72. The Kier molecular flexibility index (Phi) is 3.50. The minimum absolute atomic E-state index is 0.159. The van der Waals surface area contributed by atoms with Crippen LogP contribution in [0.2, 0.25) is 0 Å². The highest BCUT2D eigenvalue weighted by Gasteiger charge is 2.35. The zero-order valence-corrected chi connectivity index (χ0v) is 15.0. The molecule has 6 heteroatoms. The zero-order chi connectivity index (χ0) is 18.6. The molecule has 2 aromatic carbocycles. The van der Waals surface area contributed by atoms with Gasteiger partial charge in [0.2, 0.25) is 0 Å². The predicted molar refractivity (Wildman–Crippen MR) is 102 cm³/mol. The Balaban J connectivity index is 1.48. The molecule has 1 aliphatic heterocycles. The van der Waals surface area contributed by atoms with E-state index in [0.717, 1.165) is 16.6 Å². The molecule has 27 heavy (non-hydrogen) atoms. The van der Waals surface area contributed by atoms with Crippen LogP contribution in [0.15, 0.2) is 53.1 Å². The summed E-state index contributed by atoms with van der Waals surface area (Å²) in [4.78, 5) is 6.35. The van der Waals surface area contributed by atoms with Gasteiger partial charge in [-0.3, -0.25) is 0 Å². The summed E-state index contributed by atoms with van der Waals surface area (Å²) in [7, 11) is 2.03. The van der Waals surface area contributed by atoms with Gasteiger partial charge in [0.25, 0.3) is 11.9 Å². The lowest BCUT2D eigenvalue weighted by Gasteiger charge is -2.30. The molecule has 0 spiro atoms. The van der Waals surface area contributed by atoms with E-state index in [1.165, 1.54) is 10.9 Å². The zero-order valence-electron chi connectivity index (χ0n) is 15.0. The van der Waals surface area contributed by atoms with Crippen molar-refractivity contribution < 1.29 is 13.2 Å². The molecule has 0 unspecified atom stereocenters. The summed E-state index contributed by atoms with van der Waals surface area (Å²) >= 11 is 0. The predicted octanol–water partition coefficient (Wildman–Crippen LogP) is 5.22. The van der Waals surface area contributed by atoms with E-state index in [0.29, 0.717) is 11.6 Å². The van der Waals surface area contributed by atoms with Crippen LogP contribution in [0.3, 0.4) is 0 Å². The van der Waals surface area contributed by atoms with Gasteiger partial charge in [-0.15, -0.1) is 0 Å². The van der Waals surface area contributed by atoms with Crippen LogP contribution in [0.25, 0.3) is 33.1 Å². The number of fused-ring (bicyclic) bond motifs is 2. The summed E-state index contributed by atoms with van der Waals surface area (Å²) < 4.78 is 34.6. The highest BCUT2D eigenvalue weighted by atomic mass is 19.3. The van der Waals surface area contributed by atoms with Gasteiger partial charge in [0.1, 0.15) is 5.52 Å². The number of hydrogen-bond acceptors (Lipinski definition) is 3. The lowest BCUT2D eigenvalue weighted by molar-refractivity contribution is -0.0226. The third-order valence-corrected chi connectivity index (χ3v) is 5.36. The van der Waals surface area contributed by atoms with E-state index in [9.17, 15) is 8.78 Å². The molecule has 3 heterocycles. The summed E-state index contributed by atoms with van der Waals surface area (Å²) in [6.45, 7) is 0.523. The highest BCUT2D eigenvalue weighted by Crippen LogP contribution is 2.33. The number of rotatable bonds is 2. The number of nitrogens with zero attached hydrogens (tertiary/aromatic N) is 3. The van der Waals surface area contributed by atoms with Gasteiger partial charge < -0.3 is 13.9 Å². The number of piperidine rings is 1. The number of oxazole rings is 1. The standard InChI is InChI=1S/C21H19F2N3O/c1-25-9-6-16-12-14(2-4-18(16)25)15-3-5-19-17(13-15)24-20(27-19)26-10-7-21(22,23)8-11-26/h2-6,9,12-13H,7-8,10-11H2,1H3. The van der Waals surface area contributed by atoms with Gasteiger partial charge in [-0.05, 0) is 41.5 Å². The molecule has 0 saturated carbocycles. The Morgan fingerprint density at radius 2 is 1.74 bits per heavy atom. The van der Waals surface area contributed by atoms with Crippen LogP contribution in [0.5, 0.6) is 0 Å². The smallest absolute Gasteiger partial charge is 0.298 e. The number of alkyl halides is 2. The fraction of sp³-hybridized carbons (Fsp3) is 0.286. The van der Waals surface area contributed by atoms with Crippen LogP contribution in [0.1, 0.15) is 12.8 Å². The van der Waals surface area contributed by atoms with Crippen LogP contribution in [-0.4, -0.2) is 28.6 Å². The Morgan fingerprint density at radius 1 is 1.00 bits per heavy atom. The summed E-state index contributed by atoms with van der Waals surface area (Å²) in [6.07, 6.45) is 1.73. The van der Waals surface area contributed by atoms with Gasteiger partial charge in [0.15, 0.2) is 5.58 Å². The monoisotopic (exact) mass is 367 g/mol. The van der Waals surface area contributed by atoms with Gasteiger partial charge >= 0.3 is 0 Å². The van der Waals surface area contributed by atoms with Crippen molar-refractivity contribution in [2.45, 2.75) is 18.8 Å². The lowest BCUT2D eigenvalue weighted by Crippen LogP contribution is -2.39. The molecule has 2 aromatic heterocycles. The molecule has 0 bridgehead atoms. The number of aromatic nitrogens is 2. The van der Waals surface area contributed by atoms with Gasteiger partial charge in [0, 0.05) is 50.1 Å². The normalized spacial score (nSPS) is 17.1. The first-order valence-electron chi connectivity index (χ1n) is 9.07. The van der Waals surface area contributed by atoms with Crippen LogP contribution in [0, 0.1) is 0 Å². The molecule has 4 nitrogen and oxygen atoms in total. The van der Waals surface area contributed by atoms with Crippen molar-refractivity contribution in [3.05, 3.63) is 48.7 Å². The van der Waals surface area contributed by atoms with Crippen molar-refractivity contribution in [2.24, 2.45) is 7.05 Å². The molecular formula is C21H19F2N3O. The molecule has 1 aliphatic rings. The first kappa shape index (κ1) is 16.3. The van der Waals surface area contributed by atoms with Crippen molar-refractivity contribution in [2.75, 3.05) is 18.0 Å². The summed E-state index contributed by atoms with van der Waals surface area (Å²) in [5.74, 6) is -2.58. The van der Waals surface area contributed by atoms with E-state index in [-0.39, 0.29) is 25.9 Å². The Bertz CT molecular complexity index is 1130. The first-order chi connectivity index (χ1) is 13.0. The largest absolute Gasteiger partial charge is 0.423 e. The van der Waals surface area contributed by atoms with Gasteiger partial charge in [0.05, 0.1) is 0 Å². The SMILES string of the molecule is Cn1ccc2cc(-c3ccc4oc(N5CCC(F)(F)CC5)nc4c3)ccc21. The second-order valence-corrected chi connectivity index (χ2v) is 7.22. The van der Waals surface area contributed by atoms with E-state index in [1.807, 2.05) is 31.4 Å². The van der Waals surface area contributed by atoms with Gasteiger partial charge in [-0.25, -0.2) is 8.78 Å².